The fourth-order valence-electron chi connectivity index (χ4n) is 1.02. The maximum absolute atomic E-state index is 11.5. The van der Waals surface area contributed by atoms with E-state index in [-0.39, 0.29) is 5.97 Å². The Morgan fingerprint density at radius 1 is 1.50 bits per heavy atom. The van der Waals surface area contributed by atoms with E-state index in [1.165, 1.54) is 0 Å². The minimum absolute atomic E-state index is 0.290. The van der Waals surface area contributed by atoms with Gasteiger partial charge in [-0.15, -0.1) is 0 Å². The Bertz CT molecular complexity index is 337. The molecule has 14 heavy (non-hydrogen) atoms. The zero-order chi connectivity index (χ0) is 10.6. The predicted molar refractivity (Wildman–Crippen MR) is 62.7 cm³/mol. The van der Waals surface area contributed by atoms with E-state index in [4.69, 9.17) is 4.74 Å². The summed E-state index contributed by atoms with van der Waals surface area (Å²) in [6.07, 6.45) is 0. The van der Waals surface area contributed by atoms with Crippen LogP contribution in [0.1, 0.15) is 22.8 Å². The second-order valence-electron chi connectivity index (χ2n) is 2.67. The van der Waals surface area contributed by atoms with E-state index in [1.807, 2.05) is 18.2 Å². The fourth-order valence-corrected chi connectivity index (χ4v) is 1.78. The third kappa shape index (κ3) is 2.82. The Labute approximate surface area is 99.9 Å². The quantitative estimate of drug-likeness (QED) is 0.629. The summed E-state index contributed by atoms with van der Waals surface area (Å²) in [5.41, 5.74) is 1.63. The summed E-state index contributed by atoms with van der Waals surface area (Å²) >= 11 is 6.65. The first-order valence-corrected chi connectivity index (χ1v) is 6.12. The molecular formula is C10H10Br2O2. The normalized spacial score (nSPS) is 9.93. The molecular weight excluding hydrogens is 312 g/mol. The average molecular weight is 322 g/mol. The Morgan fingerprint density at radius 3 is 2.79 bits per heavy atom. The molecule has 4 heteroatoms. The lowest BCUT2D eigenvalue weighted by molar-refractivity contribution is 0.0525. The van der Waals surface area contributed by atoms with Gasteiger partial charge in [0.05, 0.1) is 12.2 Å². The molecule has 1 aromatic rings. The second-order valence-corrected chi connectivity index (χ2v) is 4.08. The van der Waals surface area contributed by atoms with Crippen LogP contribution >= 0.6 is 31.9 Å². The lowest BCUT2D eigenvalue weighted by Crippen LogP contribution is -2.05. The number of benzene rings is 1. The van der Waals surface area contributed by atoms with Gasteiger partial charge in [0, 0.05) is 9.80 Å². The van der Waals surface area contributed by atoms with Crippen LogP contribution in [0.2, 0.25) is 0 Å². The molecule has 0 aliphatic carbocycles. The lowest BCUT2D eigenvalue weighted by Gasteiger charge is -2.05. The molecule has 0 saturated carbocycles. The number of carbonyl (C=O) groups excluding carboxylic acids is 1. The number of esters is 1. The molecule has 0 atom stereocenters. The van der Waals surface area contributed by atoms with E-state index >= 15 is 0 Å². The van der Waals surface area contributed by atoms with E-state index in [9.17, 15) is 4.79 Å². The van der Waals surface area contributed by atoms with Gasteiger partial charge in [0.1, 0.15) is 0 Å². The van der Waals surface area contributed by atoms with E-state index in [2.05, 4.69) is 31.9 Å². The molecule has 0 aromatic heterocycles. The molecule has 1 rings (SSSR count). The first kappa shape index (κ1) is 11.7. The molecule has 0 spiro atoms. The van der Waals surface area contributed by atoms with Crippen LogP contribution in [0.4, 0.5) is 0 Å². The standard InChI is InChI=1S/C10H10Br2O2/c1-2-14-10(13)8-5-7(6-11)3-4-9(8)12/h3-5H,2,6H2,1H3. The first-order valence-electron chi connectivity index (χ1n) is 4.20. The summed E-state index contributed by atoms with van der Waals surface area (Å²) in [5, 5.41) is 0.729. The van der Waals surface area contributed by atoms with Gasteiger partial charge in [-0.2, -0.15) is 0 Å². The Morgan fingerprint density at radius 2 is 2.21 bits per heavy atom. The maximum atomic E-state index is 11.5. The fraction of sp³-hybridized carbons (Fsp3) is 0.300. The van der Waals surface area contributed by atoms with E-state index in [1.54, 1.807) is 6.92 Å². The molecule has 76 valence electrons. The van der Waals surface area contributed by atoms with Crippen molar-refractivity contribution in [3.05, 3.63) is 33.8 Å². The molecule has 0 heterocycles. The van der Waals surface area contributed by atoms with Crippen molar-refractivity contribution in [2.24, 2.45) is 0 Å². The second kappa shape index (κ2) is 5.51. The molecule has 0 unspecified atom stereocenters. The molecule has 0 bridgehead atoms. The molecule has 0 fully saturated rings. The number of hydrogen-bond donors (Lipinski definition) is 0. The van der Waals surface area contributed by atoms with Gasteiger partial charge in [0.25, 0.3) is 0 Å². The molecule has 0 aliphatic heterocycles. The summed E-state index contributed by atoms with van der Waals surface area (Å²) in [6.45, 7) is 2.18. The van der Waals surface area contributed by atoms with Gasteiger partial charge in [-0.05, 0) is 40.5 Å². The molecule has 0 amide bonds. The van der Waals surface area contributed by atoms with Crippen molar-refractivity contribution >= 4 is 37.8 Å². The third-order valence-corrected chi connectivity index (χ3v) is 3.02. The van der Waals surface area contributed by atoms with Crippen LogP contribution in [0.15, 0.2) is 22.7 Å². The van der Waals surface area contributed by atoms with Crippen LogP contribution in [0.5, 0.6) is 0 Å². The van der Waals surface area contributed by atoms with Crippen LogP contribution < -0.4 is 0 Å². The molecule has 0 radical (unpaired) electrons. The van der Waals surface area contributed by atoms with Gasteiger partial charge in [0.15, 0.2) is 0 Å². The summed E-state index contributed by atoms with van der Waals surface area (Å²) in [4.78, 5) is 11.5. The molecule has 1 aromatic carbocycles. The average Bonchev–Trinajstić information content (AvgIpc) is 2.19. The summed E-state index contributed by atoms with van der Waals surface area (Å²) in [7, 11) is 0. The van der Waals surface area contributed by atoms with Crippen LogP contribution in [-0.2, 0) is 10.1 Å². The van der Waals surface area contributed by atoms with Crippen molar-refractivity contribution in [3.63, 3.8) is 0 Å². The van der Waals surface area contributed by atoms with E-state index in [0.717, 1.165) is 15.4 Å². The van der Waals surface area contributed by atoms with Crippen molar-refractivity contribution < 1.29 is 9.53 Å². The molecule has 0 aliphatic rings. The van der Waals surface area contributed by atoms with E-state index < -0.39 is 0 Å². The van der Waals surface area contributed by atoms with Crippen LogP contribution in [0, 0.1) is 0 Å². The van der Waals surface area contributed by atoms with Crippen LogP contribution in [-0.4, -0.2) is 12.6 Å². The highest BCUT2D eigenvalue weighted by Gasteiger charge is 2.11. The maximum Gasteiger partial charge on any atom is 0.339 e. The van der Waals surface area contributed by atoms with Crippen molar-refractivity contribution in [3.8, 4) is 0 Å². The van der Waals surface area contributed by atoms with Crippen LogP contribution in [0.3, 0.4) is 0 Å². The van der Waals surface area contributed by atoms with Gasteiger partial charge >= 0.3 is 5.97 Å². The topological polar surface area (TPSA) is 26.3 Å². The number of alkyl halides is 1. The number of halogens is 2. The van der Waals surface area contributed by atoms with Gasteiger partial charge in [-0.3, -0.25) is 0 Å². The summed E-state index contributed by atoms with van der Waals surface area (Å²) < 4.78 is 5.69. The number of carbonyl (C=O) groups is 1. The highest BCUT2D eigenvalue weighted by Crippen LogP contribution is 2.20. The Kier molecular flexibility index (Phi) is 4.62. The number of rotatable bonds is 3. The minimum Gasteiger partial charge on any atom is -0.462 e. The highest BCUT2D eigenvalue weighted by atomic mass is 79.9. The van der Waals surface area contributed by atoms with Crippen LogP contribution in [0.25, 0.3) is 0 Å². The van der Waals surface area contributed by atoms with Gasteiger partial charge < -0.3 is 4.74 Å². The van der Waals surface area contributed by atoms with Crippen molar-refractivity contribution in [1.82, 2.24) is 0 Å². The SMILES string of the molecule is CCOC(=O)c1cc(CBr)ccc1Br. The molecule has 2 nitrogen and oxygen atoms in total. The monoisotopic (exact) mass is 320 g/mol. The molecule has 0 saturated heterocycles. The predicted octanol–water partition coefficient (Wildman–Crippen LogP) is 3.52. The Balaban J connectivity index is 2.99. The number of ether oxygens (including phenoxy) is 1. The minimum atomic E-state index is -0.290. The van der Waals surface area contributed by atoms with Crippen molar-refractivity contribution in [2.45, 2.75) is 12.3 Å². The number of hydrogen-bond acceptors (Lipinski definition) is 2. The zero-order valence-corrected chi connectivity index (χ0v) is 10.9. The van der Waals surface area contributed by atoms with Crippen molar-refractivity contribution in [2.75, 3.05) is 6.61 Å². The highest BCUT2D eigenvalue weighted by molar-refractivity contribution is 9.10. The third-order valence-electron chi connectivity index (χ3n) is 1.68. The van der Waals surface area contributed by atoms with Gasteiger partial charge in [0.2, 0.25) is 0 Å². The van der Waals surface area contributed by atoms with Gasteiger partial charge in [-0.25, -0.2) is 4.79 Å². The van der Waals surface area contributed by atoms with Crippen molar-refractivity contribution in [1.29, 1.82) is 0 Å². The lowest BCUT2D eigenvalue weighted by atomic mass is 10.1. The summed E-state index contributed by atoms with van der Waals surface area (Å²) in [5.74, 6) is -0.290. The first-order chi connectivity index (χ1) is 6.69. The summed E-state index contributed by atoms with van der Waals surface area (Å²) in [6, 6.07) is 5.61. The van der Waals surface area contributed by atoms with Gasteiger partial charge in [-0.1, -0.05) is 22.0 Å². The largest absolute Gasteiger partial charge is 0.462 e. The zero-order valence-electron chi connectivity index (χ0n) is 7.72. The Hall–Kier alpha value is -0.350. The molecule has 0 N–H and O–H groups in total. The van der Waals surface area contributed by atoms with E-state index in [0.29, 0.717) is 12.2 Å². The smallest absolute Gasteiger partial charge is 0.339 e.